The molecular formula is C21H16BrN3OS. The van der Waals surface area contributed by atoms with Gasteiger partial charge in [-0.25, -0.2) is 4.98 Å². The van der Waals surface area contributed by atoms with E-state index >= 15 is 0 Å². The van der Waals surface area contributed by atoms with E-state index in [1.807, 2.05) is 55.5 Å². The molecule has 6 heteroatoms. The maximum Gasteiger partial charge on any atom is 0.221 e. The van der Waals surface area contributed by atoms with Crippen LogP contribution in [0.2, 0.25) is 0 Å². The van der Waals surface area contributed by atoms with Gasteiger partial charge in [-0.15, -0.1) is 0 Å². The first-order valence-corrected chi connectivity index (χ1v) is 9.80. The standard InChI is InChI=1S/C21H16BrN3OS/c1-13-6-8-16(9-7-13)19-21(24-14(2)26)27-20(25-19)17(12-23)10-15-4-3-5-18(22)11-15/h3-11H,1-2H3,(H,24,26)/b17-10-. The van der Waals surface area contributed by atoms with Crippen LogP contribution in [0, 0.1) is 18.3 Å². The Morgan fingerprint density at radius 3 is 2.63 bits per heavy atom. The lowest BCUT2D eigenvalue weighted by Gasteiger charge is -2.03. The highest BCUT2D eigenvalue weighted by molar-refractivity contribution is 9.10. The minimum atomic E-state index is -0.173. The van der Waals surface area contributed by atoms with Crippen molar-refractivity contribution in [1.29, 1.82) is 5.26 Å². The molecule has 0 spiro atoms. The first-order chi connectivity index (χ1) is 13.0. The van der Waals surface area contributed by atoms with E-state index in [1.54, 1.807) is 6.08 Å². The van der Waals surface area contributed by atoms with Gasteiger partial charge in [-0.1, -0.05) is 69.2 Å². The maximum absolute atomic E-state index is 11.6. The van der Waals surface area contributed by atoms with Gasteiger partial charge in [0, 0.05) is 17.0 Å². The minimum absolute atomic E-state index is 0.173. The maximum atomic E-state index is 11.6. The minimum Gasteiger partial charge on any atom is -0.316 e. The van der Waals surface area contributed by atoms with Crippen LogP contribution in [-0.2, 0) is 4.79 Å². The Morgan fingerprint density at radius 2 is 2.00 bits per heavy atom. The zero-order valence-electron chi connectivity index (χ0n) is 14.8. The number of halogens is 1. The molecule has 0 bridgehead atoms. The largest absolute Gasteiger partial charge is 0.316 e. The molecule has 1 amide bonds. The van der Waals surface area contributed by atoms with Crippen molar-refractivity contribution in [3.63, 3.8) is 0 Å². The first kappa shape index (κ1) is 19.0. The van der Waals surface area contributed by atoms with Gasteiger partial charge in [-0.05, 0) is 30.7 Å². The number of nitriles is 1. The average Bonchev–Trinajstić information content (AvgIpc) is 3.03. The van der Waals surface area contributed by atoms with E-state index in [0.29, 0.717) is 21.3 Å². The summed E-state index contributed by atoms with van der Waals surface area (Å²) in [5.41, 5.74) is 4.05. The number of carbonyl (C=O) groups is 1. The number of carbonyl (C=O) groups excluding carboxylic acids is 1. The Balaban J connectivity index is 2.08. The number of hydrogen-bond acceptors (Lipinski definition) is 4. The quantitative estimate of drug-likeness (QED) is 0.516. The van der Waals surface area contributed by atoms with E-state index in [9.17, 15) is 10.1 Å². The van der Waals surface area contributed by atoms with Crippen molar-refractivity contribution in [3.8, 4) is 17.3 Å². The van der Waals surface area contributed by atoms with Crippen LogP contribution in [0.5, 0.6) is 0 Å². The third-order valence-corrected chi connectivity index (χ3v) is 5.25. The van der Waals surface area contributed by atoms with Crippen molar-refractivity contribution in [1.82, 2.24) is 4.98 Å². The van der Waals surface area contributed by atoms with Gasteiger partial charge >= 0.3 is 0 Å². The lowest BCUT2D eigenvalue weighted by atomic mass is 10.1. The molecule has 3 aromatic rings. The molecule has 0 saturated carbocycles. The van der Waals surface area contributed by atoms with E-state index < -0.39 is 0 Å². The molecule has 0 saturated heterocycles. The average molecular weight is 438 g/mol. The van der Waals surface area contributed by atoms with Crippen LogP contribution in [0.25, 0.3) is 22.9 Å². The van der Waals surface area contributed by atoms with Gasteiger partial charge in [-0.3, -0.25) is 4.79 Å². The van der Waals surface area contributed by atoms with Gasteiger partial charge in [0.1, 0.15) is 21.8 Å². The molecular weight excluding hydrogens is 422 g/mol. The molecule has 27 heavy (non-hydrogen) atoms. The number of aromatic nitrogens is 1. The molecule has 1 aromatic heterocycles. The summed E-state index contributed by atoms with van der Waals surface area (Å²) in [6.45, 7) is 3.47. The van der Waals surface area contributed by atoms with Gasteiger partial charge in [0.2, 0.25) is 5.91 Å². The number of aryl methyl sites for hydroxylation is 1. The molecule has 0 fully saturated rings. The number of amides is 1. The number of thiazole rings is 1. The highest BCUT2D eigenvalue weighted by Gasteiger charge is 2.17. The third-order valence-electron chi connectivity index (χ3n) is 3.75. The zero-order valence-corrected chi connectivity index (χ0v) is 17.2. The highest BCUT2D eigenvalue weighted by Crippen LogP contribution is 2.36. The molecule has 0 aliphatic carbocycles. The molecule has 1 N–H and O–H groups in total. The van der Waals surface area contributed by atoms with Gasteiger partial charge in [0.05, 0.1) is 5.57 Å². The van der Waals surface area contributed by atoms with Crippen molar-refractivity contribution in [2.24, 2.45) is 0 Å². The Labute approximate surface area is 170 Å². The SMILES string of the molecule is CC(=O)Nc1sc(/C(C#N)=C\c2cccc(Br)c2)nc1-c1ccc(C)cc1. The van der Waals surface area contributed by atoms with Gasteiger partial charge in [-0.2, -0.15) is 5.26 Å². The number of benzene rings is 2. The van der Waals surface area contributed by atoms with E-state index in [-0.39, 0.29) is 5.91 Å². The van der Waals surface area contributed by atoms with E-state index in [2.05, 4.69) is 32.3 Å². The predicted molar refractivity (Wildman–Crippen MR) is 114 cm³/mol. The van der Waals surface area contributed by atoms with Crippen LogP contribution in [0.3, 0.4) is 0 Å². The number of anilines is 1. The van der Waals surface area contributed by atoms with Crippen LogP contribution in [-0.4, -0.2) is 10.9 Å². The monoisotopic (exact) mass is 437 g/mol. The molecule has 0 unspecified atom stereocenters. The Hall–Kier alpha value is -2.75. The molecule has 4 nitrogen and oxygen atoms in total. The number of rotatable bonds is 4. The number of nitrogens with one attached hydrogen (secondary N) is 1. The predicted octanol–water partition coefficient (Wildman–Crippen LogP) is 5.90. The van der Waals surface area contributed by atoms with Crippen LogP contribution < -0.4 is 5.32 Å². The number of nitrogens with zero attached hydrogens (tertiary/aromatic N) is 2. The van der Waals surface area contributed by atoms with Crippen LogP contribution >= 0.6 is 27.3 Å². The second kappa shape index (κ2) is 8.30. The third kappa shape index (κ3) is 4.70. The molecule has 2 aromatic carbocycles. The Morgan fingerprint density at radius 1 is 1.26 bits per heavy atom. The number of allylic oxidation sites excluding steroid dienone is 1. The molecule has 0 aliphatic rings. The summed E-state index contributed by atoms with van der Waals surface area (Å²) in [5, 5.41) is 13.7. The fraction of sp³-hybridized carbons (Fsp3) is 0.0952. The van der Waals surface area contributed by atoms with Gasteiger partial charge in [0.15, 0.2) is 0 Å². The van der Waals surface area contributed by atoms with Crippen molar-refractivity contribution in [3.05, 3.63) is 69.1 Å². The Kier molecular flexibility index (Phi) is 5.84. The summed E-state index contributed by atoms with van der Waals surface area (Å²) in [6.07, 6.45) is 1.79. The summed E-state index contributed by atoms with van der Waals surface area (Å²) in [6, 6.07) is 17.8. The van der Waals surface area contributed by atoms with Crippen molar-refractivity contribution < 1.29 is 4.79 Å². The number of hydrogen-bond donors (Lipinski definition) is 1. The molecule has 0 atom stereocenters. The zero-order chi connectivity index (χ0) is 19.4. The summed E-state index contributed by atoms with van der Waals surface area (Å²) >= 11 is 4.73. The van der Waals surface area contributed by atoms with Gasteiger partial charge in [0.25, 0.3) is 0 Å². The second-order valence-corrected chi connectivity index (χ2v) is 7.88. The smallest absolute Gasteiger partial charge is 0.221 e. The summed E-state index contributed by atoms with van der Waals surface area (Å²) < 4.78 is 0.937. The topological polar surface area (TPSA) is 65.8 Å². The van der Waals surface area contributed by atoms with Crippen LogP contribution in [0.4, 0.5) is 5.00 Å². The fourth-order valence-electron chi connectivity index (χ4n) is 2.49. The molecule has 0 radical (unpaired) electrons. The van der Waals surface area contributed by atoms with Crippen LogP contribution in [0.1, 0.15) is 23.1 Å². The van der Waals surface area contributed by atoms with Gasteiger partial charge < -0.3 is 5.32 Å². The van der Waals surface area contributed by atoms with Crippen molar-refractivity contribution in [2.45, 2.75) is 13.8 Å². The Bertz CT molecular complexity index is 1060. The lowest BCUT2D eigenvalue weighted by molar-refractivity contribution is -0.114. The molecule has 1 heterocycles. The van der Waals surface area contributed by atoms with E-state index in [4.69, 9.17) is 0 Å². The summed E-state index contributed by atoms with van der Waals surface area (Å²) in [7, 11) is 0. The first-order valence-electron chi connectivity index (χ1n) is 8.19. The highest BCUT2D eigenvalue weighted by atomic mass is 79.9. The molecule has 3 rings (SSSR count). The molecule has 0 aliphatic heterocycles. The molecule has 134 valence electrons. The van der Waals surface area contributed by atoms with Crippen molar-refractivity contribution in [2.75, 3.05) is 5.32 Å². The lowest BCUT2D eigenvalue weighted by Crippen LogP contribution is -2.05. The van der Waals surface area contributed by atoms with Crippen molar-refractivity contribution >= 4 is 49.8 Å². The second-order valence-electron chi connectivity index (χ2n) is 5.97. The fourth-order valence-corrected chi connectivity index (χ4v) is 3.91. The normalized spacial score (nSPS) is 11.1. The van der Waals surface area contributed by atoms with E-state index in [1.165, 1.54) is 18.3 Å². The van der Waals surface area contributed by atoms with E-state index in [0.717, 1.165) is 21.2 Å². The summed E-state index contributed by atoms with van der Waals surface area (Å²) in [5.74, 6) is -0.173. The summed E-state index contributed by atoms with van der Waals surface area (Å²) in [4.78, 5) is 16.3. The van der Waals surface area contributed by atoms with Crippen LogP contribution in [0.15, 0.2) is 53.0 Å².